The Morgan fingerprint density at radius 2 is 1.89 bits per heavy atom. The van der Waals surface area contributed by atoms with E-state index in [4.69, 9.17) is 0 Å². The third kappa shape index (κ3) is 3.35. The Balaban J connectivity index is 2.03. The van der Waals surface area contributed by atoms with Gasteiger partial charge in [0, 0.05) is 18.2 Å². The molecule has 19 heavy (non-hydrogen) atoms. The summed E-state index contributed by atoms with van der Waals surface area (Å²) in [5.74, 6) is 1.62. The lowest BCUT2D eigenvalue weighted by molar-refractivity contribution is 0.0650. The average molecular weight is 261 g/mol. The number of ketones is 1. The molecule has 1 fully saturated rings. The Bertz CT molecular complexity index is 441. The van der Waals surface area contributed by atoms with Crippen molar-refractivity contribution >= 4 is 5.78 Å². The van der Waals surface area contributed by atoms with Crippen LogP contribution >= 0.6 is 0 Å². The van der Waals surface area contributed by atoms with E-state index in [0.29, 0.717) is 30.0 Å². The van der Waals surface area contributed by atoms with Crippen LogP contribution < -0.4 is 0 Å². The maximum absolute atomic E-state index is 12.3. The zero-order chi connectivity index (χ0) is 14.0. The second-order valence-electron chi connectivity index (χ2n) is 5.96. The second-order valence-corrected chi connectivity index (χ2v) is 5.96. The lowest BCUT2D eigenvalue weighted by Gasteiger charge is -2.40. The summed E-state index contributed by atoms with van der Waals surface area (Å²) < 4.78 is 0. The summed E-state index contributed by atoms with van der Waals surface area (Å²) in [5.41, 5.74) is 0.677. The van der Waals surface area contributed by atoms with Gasteiger partial charge < -0.3 is 5.11 Å². The number of benzene rings is 1. The molecule has 1 aromatic carbocycles. The van der Waals surface area contributed by atoms with Crippen LogP contribution in [-0.4, -0.2) is 34.9 Å². The van der Waals surface area contributed by atoms with Crippen molar-refractivity contribution in [3.63, 3.8) is 0 Å². The van der Waals surface area contributed by atoms with Crippen molar-refractivity contribution in [2.75, 3.05) is 13.1 Å². The molecular weight excluding hydrogens is 238 g/mol. The topological polar surface area (TPSA) is 40.5 Å². The lowest BCUT2D eigenvalue weighted by Crippen LogP contribution is -2.47. The molecule has 0 spiro atoms. The number of hydrogen-bond donors (Lipinski definition) is 1. The van der Waals surface area contributed by atoms with E-state index in [0.717, 1.165) is 6.54 Å². The molecule has 0 saturated carbocycles. The third-order valence-corrected chi connectivity index (χ3v) is 4.26. The van der Waals surface area contributed by atoms with E-state index in [-0.39, 0.29) is 11.5 Å². The van der Waals surface area contributed by atoms with Crippen molar-refractivity contribution in [2.45, 2.75) is 33.2 Å². The van der Waals surface area contributed by atoms with Gasteiger partial charge in [0.1, 0.15) is 5.75 Å². The van der Waals surface area contributed by atoms with E-state index >= 15 is 0 Å². The SMILES string of the molecule is CC1CC(C)C(C)N(CC(=O)c2ccc(O)cc2)C1. The number of hydrogen-bond acceptors (Lipinski definition) is 3. The van der Waals surface area contributed by atoms with Gasteiger partial charge in [0.25, 0.3) is 0 Å². The van der Waals surface area contributed by atoms with Crippen LogP contribution in [0.15, 0.2) is 24.3 Å². The molecule has 104 valence electrons. The summed E-state index contributed by atoms with van der Waals surface area (Å²) in [4.78, 5) is 14.5. The number of phenols is 1. The fourth-order valence-electron chi connectivity index (χ4n) is 2.96. The van der Waals surface area contributed by atoms with Crippen LogP contribution in [0.4, 0.5) is 0 Å². The minimum Gasteiger partial charge on any atom is -0.508 e. The van der Waals surface area contributed by atoms with E-state index in [2.05, 4.69) is 25.7 Å². The maximum atomic E-state index is 12.3. The summed E-state index contributed by atoms with van der Waals surface area (Å²) in [6.45, 7) is 8.19. The van der Waals surface area contributed by atoms with Crippen molar-refractivity contribution < 1.29 is 9.90 Å². The minimum atomic E-state index is 0.133. The molecule has 1 N–H and O–H groups in total. The van der Waals surface area contributed by atoms with Crippen molar-refractivity contribution in [1.29, 1.82) is 0 Å². The molecule has 0 aromatic heterocycles. The first-order valence-electron chi connectivity index (χ1n) is 7.03. The molecule has 0 amide bonds. The summed E-state index contributed by atoms with van der Waals surface area (Å²) in [6, 6.07) is 6.98. The number of aromatic hydroxyl groups is 1. The van der Waals surface area contributed by atoms with E-state index in [1.165, 1.54) is 6.42 Å². The van der Waals surface area contributed by atoms with Crippen molar-refractivity contribution in [1.82, 2.24) is 4.90 Å². The number of Topliss-reactive ketones (excluding diaryl/α,β-unsaturated/α-hetero) is 1. The van der Waals surface area contributed by atoms with E-state index in [1.807, 2.05) is 0 Å². The summed E-state index contributed by atoms with van der Waals surface area (Å²) in [7, 11) is 0. The standard InChI is InChI=1S/C16H23NO2/c1-11-8-12(2)13(3)17(9-11)10-16(19)14-4-6-15(18)7-5-14/h4-7,11-13,18H,8-10H2,1-3H3. The molecular formula is C16H23NO2. The quantitative estimate of drug-likeness (QED) is 0.850. The molecule has 1 aromatic rings. The smallest absolute Gasteiger partial charge is 0.176 e. The average Bonchev–Trinajstić information content (AvgIpc) is 2.36. The van der Waals surface area contributed by atoms with Gasteiger partial charge in [0.15, 0.2) is 5.78 Å². The molecule has 3 unspecified atom stereocenters. The molecule has 1 saturated heterocycles. The predicted molar refractivity (Wildman–Crippen MR) is 76.4 cm³/mol. The monoisotopic (exact) mass is 261 g/mol. The highest BCUT2D eigenvalue weighted by molar-refractivity contribution is 5.97. The summed E-state index contributed by atoms with van der Waals surface area (Å²) in [5, 5.41) is 9.25. The van der Waals surface area contributed by atoms with Crippen LogP contribution in [0.1, 0.15) is 37.6 Å². The molecule has 0 radical (unpaired) electrons. The third-order valence-electron chi connectivity index (χ3n) is 4.26. The Kier molecular flexibility index (Phi) is 4.25. The molecule has 1 aliphatic heterocycles. The van der Waals surface area contributed by atoms with E-state index < -0.39 is 0 Å². The first-order valence-corrected chi connectivity index (χ1v) is 7.03. The van der Waals surface area contributed by atoms with Crippen molar-refractivity contribution in [2.24, 2.45) is 11.8 Å². The fourth-order valence-corrected chi connectivity index (χ4v) is 2.96. The number of nitrogens with zero attached hydrogens (tertiary/aromatic N) is 1. The van der Waals surface area contributed by atoms with Crippen LogP contribution in [0.2, 0.25) is 0 Å². The Hall–Kier alpha value is -1.35. The van der Waals surface area contributed by atoms with Crippen LogP contribution in [0.25, 0.3) is 0 Å². The van der Waals surface area contributed by atoms with Gasteiger partial charge in [-0.3, -0.25) is 9.69 Å². The molecule has 3 atom stereocenters. The van der Waals surface area contributed by atoms with Gasteiger partial charge in [-0.05, 0) is 49.4 Å². The highest BCUT2D eigenvalue weighted by Crippen LogP contribution is 2.27. The van der Waals surface area contributed by atoms with Crippen LogP contribution in [0, 0.1) is 11.8 Å². The summed E-state index contributed by atoms with van der Waals surface area (Å²) >= 11 is 0. The van der Waals surface area contributed by atoms with Gasteiger partial charge in [0.2, 0.25) is 0 Å². The minimum absolute atomic E-state index is 0.133. The second kappa shape index (κ2) is 5.74. The normalized spacial score (nSPS) is 28.3. The number of piperidine rings is 1. The first-order chi connectivity index (χ1) is 8.97. The molecule has 3 heteroatoms. The largest absolute Gasteiger partial charge is 0.508 e. The predicted octanol–water partition coefficient (Wildman–Crippen LogP) is 2.94. The maximum Gasteiger partial charge on any atom is 0.176 e. The van der Waals surface area contributed by atoms with E-state index in [9.17, 15) is 9.90 Å². The van der Waals surface area contributed by atoms with Gasteiger partial charge in [-0.2, -0.15) is 0 Å². The van der Waals surface area contributed by atoms with Crippen LogP contribution in [0.5, 0.6) is 5.75 Å². The summed E-state index contributed by atoms with van der Waals surface area (Å²) in [6.07, 6.45) is 1.24. The molecule has 2 rings (SSSR count). The molecule has 0 aliphatic carbocycles. The Labute approximate surface area is 115 Å². The van der Waals surface area contributed by atoms with Crippen LogP contribution in [0.3, 0.4) is 0 Å². The van der Waals surface area contributed by atoms with Crippen molar-refractivity contribution in [3.05, 3.63) is 29.8 Å². The lowest BCUT2D eigenvalue weighted by atomic mass is 9.86. The van der Waals surface area contributed by atoms with Gasteiger partial charge in [0.05, 0.1) is 6.54 Å². The van der Waals surface area contributed by atoms with E-state index in [1.54, 1.807) is 24.3 Å². The van der Waals surface area contributed by atoms with Gasteiger partial charge in [-0.1, -0.05) is 13.8 Å². The van der Waals surface area contributed by atoms with Gasteiger partial charge in [-0.15, -0.1) is 0 Å². The Morgan fingerprint density at radius 1 is 1.26 bits per heavy atom. The van der Waals surface area contributed by atoms with Gasteiger partial charge >= 0.3 is 0 Å². The Morgan fingerprint density at radius 3 is 2.53 bits per heavy atom. The molecule has 1 aliphatic rings. The van der Waals surface area contributed by atoms with Crippen LogP contribution in [-0.2, 0) is 0 Å². The highest BCUT2D eigenvalue weighted by Gasteiger charge is 2.29. The number of phenolic OH excluding ortho intramolecular Hbond substituents is 1. The number of carbonyl (C=O) groups is 1. The number of likely N-dealkylation sites (tertiary alicyclic amines) is 1. The first kappa shape index (κ1) is 14.1. The fraction of sp³-hybridized carbons (Fsp3) is 0.562. The zero-order valence-corrected chi connectivity index (χ0v) is 12.0. The molecule has 3 nitrogen and oxygen atoms in total. The molecule has 1 heterocycles. The zero-order valence-electron chi connectivity index (χ0n) is 12.0. The molecule has 0 bridgehead atoms. The van der Waals surface area contributed by atoms with Crippen molar-refractivity contribution in [3.8, 4) is 5.75 Å². The van der Waals surface area contributed by atoms with Gasteiger partial charge in [-0.25, -0.2) is 0 Å². The highest BCUT2D eigenvalue weighted by atomic mass is 16.3. The number of carbonyl (C=O) groups excluding carboxylic acids is 1. The number of rotatable bonds is 3.